The summed E-state index contributed by atoms with van der Waals surface area (Å²) < 4.78 is 5.50. The molecule has 4 unspecified atom stereocenters. The molecule has 0 aromatic rings. The van der Waals surface area contributed by atoms with Crippen LogP contribution in [0.25, 0.3) is 0 Å². The van der Waals surface area contributed by atoms with E-state index in [0.717, 1.165) is 25.5 Å². The third-order valence-corrected chi connectivity index (χ3v) is 4.36. The maximum atomic E-state index is 10.8. The van der Waals surface area contributed by atoms with E-state index in [9.17, 15) is 4.79 Å². The van der Waals surface area contributed by atoms with Crippen LogP contribution in [-0.4, -0.2) is 19.5 Å². The first-order valence-electron chi connectivity index (χ1n) is 5.52. The lowest BCUT2D eigenvalue weighted by Gasteiger charge is -2.25. The van der Waals surface area contributed by atoms with Crippen LogP contribution in [0.2, 0.25) is 0 Å². The minimum atomic E-state index is 0.309. The quantitative estimate of drug-likeness (QED) is 0.493. The summed E-state index contributed by atoms with van der Waals surface area (Å²) in [7, 11) is 1.82. The van der Waals surface area contributed by atoms with E-state index >= 15 is 0 Å². The van der Waals surface area contributed by atoms with Crippen LogP contribution < -0.4 is 0 Å². The van der Waals surface area contributed by atoms with Crippen LogP contribution in [0, 0.1) is 17.8 Å². The molecule has 2 saturated carbocycles. The van der Waals surface area contributed by atoms with Crippen molar-refractivity contribution in [3.05, 3.63) is 11.1 Å². The van der Waals surface area contributed by atoms with Gasteiger partial charge < -0.3 is 9.53 Å². The largest absolute Gasteiger partial charge is 0.381 e. The molecule has 14 heavy (non-hydrogen) atoms. The van der Waals surface area contributed by atoms with Gasteiger partial charge in [-0.3, -0.25) is 0 Å². The van der Waals surface area contributed by atoms with E-state index in [4.69, 9.17) is 4.74 Å². The molecule has 3 rings (SSSR count). The molecular formula is C12H16O2. The van der Waals surface area contributed by atoms with Gasteiger partial charge in [0.15, 0.2) is 0 Å². The van der Waals surface area contributed by atoms with Gasteiger partial charge in [0.25, 0.3) is 0 Å². The maximum absolute atomic E-state index is 10.8. The molecule has 0 N–H and O–H groups in total. The molecule has 0 aromatic carbocycles. The Labute approximate surface area is 84.3 Å². The van der Waals surface area contributed by atoms with Gasteiger partial charge in [0.05, 0.1) is 6.10 Å². The summed E-state index contributed by atoms with van der Waals surface area (Å²) >= 11 is 0. The predicted octanol–water partition coefficient (Wildman–Crippen LogP) is 1.95. The second-order valence-electron chi connectivity index (χ2n) is 4.92. The summed E-state index contributed by atoms with van der Waals surface area (Å²) in [5.41, 5.74) is 3.25. The highest BCUT2D eigenvalue weighted by molar-refractivity contribution is 5.57. The van der Waals surface area contributed by atoms with E-state index in [0.29, 0.717) is 23.9 Å². The molecule has 2 heteroatoms. The highest BCUT2D eigenvalue weighted by atomic mass is 16.5. The maximum Gasteiger partial charge on any atom is 0.123 e. The van der Waals surface area contributed by atoms with Gasteiger partial charge in [0.2, 0.25) is 0 Å². The van der Waals surface area contributed by atoms with Crippen LogP contribution in [0.3, 0.4) is 0 Å². The zero-order valence-corrected chi connectivity index (χ0v) is 8.53. The minimum Gasteiger partial charge on any atom is -0.381 e. The number of hydrogen-bond donors (Lipinski definition) is 0. The zero-order chi connectivity index (χ0) is 9.71. The fourth-order valence-electron chi connectivity index (χ4n) is 3.74. The minimum absolute atomic E-state index is 0.309. The number of rotatable bonds is 2. The number of allylic oxidation sites excluding steroid dienone is 1. The zero-order valence-electron chi connectivity index (χ0n) is 8.53. The van der Waals surface area contributed by atoms with Gasteiger partial charge in [-0.05, 0) is 37.5 Å². The lowest BCUT2D eigenvalue weighted by Crippen LogP contribution is -2.24. The second-order valence-corrected chi connectivity index (χ2v) is 4.92. The third-order valence-electron chi connectivity index (χ3n) is 4.36. The summed E-state index contributed by atoms with van der Waals surface area (Å²) in [6.07, 6.45) is 6.13. The van der Waals surface area contributed by atoms with E-state index in [1.54, 1.807) is 11.1 Å². The van der Waals surface area contributed by atoms with Crippen LogP contribution in [0.15, 0.2) is 11.1 Å². The lowest BCUT2D eigenvalue weighted by molar-refractivity contribution is -0.111. The Morgan fingerprint density at radius 1 is 1.36 bits per heavy atom. The summed E-state index contributed by atoms with van der Waals surface area (Å²) in [6.45, 7) is 0. The van der Waals surface area contributed by atoms with Crippen molar-refractivity contribution in [1.82, 2.24) is 0 Å². The monoisotopic (exact) mass is 192 g/mol. The van der Waals surface area contributed by atoms with Crippen molar-refractivity contribution in [3.8, 4) is 0 Å². The van der Waals surface area contributed by atoms with Crippen LogP contribution in [0.5, 0.6) is 0 Å². The highest BCUT2D eigenvalue weighted by Gasteiger charge is 2.49. The van der Waals surface area contributed by atoms with Crippen LogP contribution in [0.1, 0.15) is 25.7 Å². The number of ether oxygens (including phenoxy) is 1. The molecule has 0 aliphatic heterocycles. The van der Waals surface area contributed by atoms with Crippen molar-refractivity contribution in [1.29, 1.82) is 0 Å². The van der Waals surface area contributed by atoms with Crippen LogP contribution in [-0.2, 0) is 9.53 Å². The van der Waals surface area contributed by atoms with Crippen molar-refractivity contribution >= 4 is 6.29 Å². The van der Waals surface area contributed by atoms with Gasteiger partial charge in [-0.25, -0.2) is 0 Å². The molecule has 0 amide bonds. The lowest BCUT2D eigenvalue weighted by atomic mass is 9.86. The number of fused-ring (bicyclic) bond motifs is 4. The standard InChI is InChI=1S/C12H16O2/c1-14-12-5-8-4-11(12)10-3-7(6-13)2-9(8)10/h6-7,10-12H,2-5H2,1H3. The first-order chi connectivity index (χ1) is 6.83. The van der Waals surface area contributed by atoms with Crippen molar-refractivity contribution in [2.45, 2.75) is 31.8 Å². The molecular weight excluding hydrogens is 176 g/mol. The molecule has 4 atom stereocenters. The number of methoxy groups -OCH3 is 1. The molecule has 2 fully saturated rings. The normalized spacial score (nSPS) is 44.6. The number of carbonyl (C=O) groups excluding carboxylic acids is 1. The summed E-state index contributed by atoms with van der Waals surface area (Å²) in [5, 5.41) is 0. The molecule has 0 spiro atoms. The molecule has 3 aliphatic rings. The Hall–Kier alpha value is -0.630. The molecule has 0 heterocycles. The Morgan fingerprint density at radius 2 is 2.21 bits per heavy atom. The fourth-order valence-corrected chi connectivity index (χ4v) is 3.74. The van der Waals surface area contributed by atoms with Gasteiger partial charge in [0, 0.05) is 13.0 Å². The van der Waals surface area contributed by atoms with Gasteiger partial charge in [-0.2, -0.15) is 0 Å². The van der Waals surface area contributed by atoms with Crippen molar-refractivity contribution < 1.29 is 9.53 Å². The number of aldehydes is 1. The number of carbonyl (C=O) groups is 1. The van der Waals surface area contributed by atoms with Crippen molar-refractivity contribution in [2.75, 3.05) is 7.11 Å². The molecule has 0 radical (unpaired) electrons. The smallest absolute Gasteiger partial charge is 0.123 e. The molecule has 3 aliphatic carbocycles. The SMILES string of the molecule is COC1CC2=C3CC(C=O)CC3C1C2. The van der Waals surface area contributed by atoms with Crippen molar-refractivity contribution in [2.24, 2.45) is 17.8 Å². The van der Waals surface area contributed by atoms with E-state index in [2.05, 4.69) is 0 Å². The average Bonchev–Trinajstić information content (AvgIpc) is 2.87. The summed E-state index contributed by atoms with van der Waals surface area (Å²) in [6, 6.07) is 0. The Bertz CT molecular complexity index is 305. The molecule has 2 nitrogen and oxygen atoms in total. The topological polar surface area (TPSA) is 26.3 Å². The Kier molecular flexibility index (Phi) is 1.81. The molecule has 2 bridgehead atoms. The first-order valence-corrected chi connectivity index (χ1v) is 5.52. The molecule has 0 saturated heterocycles. The van der Waals surface area contributed by atoms with Crippen LogP contribution >= 0.6 is 0 Å². The number of hydrogen-bond acceptors (Lipinski definition) is 2. The fraction of sp³-hybridized carbons (Fsp3) is 0.750. The Morgan fingerprint density at radius 3 is 2.93 bits per heavy atom. The van der Waals surface area contributed by atoms with E-state index < -0.39 is 0 Å². The average molecular weight is 192 g/mol. The van der Waals surface area contributed by atoms with Gasteiger partial charge >= 0.3 is 0 Å². The van der Waals surface area contributed by atoms with E-state index in [1.165, 1.54) is 6.42 Å². The molecule has 76 valence electrons. The second kappa shape index (κ2) is 2.93. The first kappa shape index (κ1) is 8.66. The van der Waals surface area contributed by atoms with E-state index in [-0.39, 0.29) is 0 Å². The highest BCUT2D eigenvalue weighted by Crippen LogP contribution is 2.56. The van der Waals surface area contributed by atoms with Crippen molar-refractivity contribution in [3.63, 3.8) is 0 Å². The van der Waals surface area contributed by atoms with Gasteiger partial charge in [-0.15, -0.1) is 0 Å². The molecule has 0 aromatic heterocycles. The van der Waals surface area contributed by atoms with Gasteiger partial charge in [0.1, 0.15) is 6.29 Å². The van der Waals surface area contributed by atoms with Crippen LogP contribution in [0.4, 0.5) is 0 Å². The van der Waals surface area contributed by atoms with Gasteiger partial charge in [-0.1, -0.05) is 11.1 Å². The Balaban J connectivity index is 1.88. The summed E-state index contributed by atoms with van der Waals surface area (Å²) in [5.74, 6) is 1.71. The summed E-state index contributed by atoms with van der Waals surface area (Å²) in [4.78, 5) is 10.8. The van der Waals surface area contributed by atoms with E-state index in [1.807, 2.05) is 7.11 Å². The third kappa shape index (κ3) is 0.977. The predicted molar refractivity (Wildman–Crippen MR) is 52.8 cm³/mol.